The van der Waals surface area contributed by atoms with Gasteiger partial charge in [-0.25, -0.2) is 4.39 Å². The average Bonchev–Trinajstić information content (AvgIpc) is 2.98. The third-order valence-electron chi connectivity index (χ3n) is 3.87. The molecule has 0 aliphatic rings. The summed E-state index contributed by atoms with van der Waals surface area (Å²) in [7, 11) is 0. The van der Waals surface area contributed by atoms with E-state index in [0.29, 0.717) is 18.7 Å². The van der Waals surface area contributed by atoms with Gasteiger partial charge in [-0.05, 0) is 30.3 Å². The summed E-state index contributed by atoms with van der Waals surface area (Å²) in [5, 5.41) is 3.87. The predicted octanol–water partition coefficient (Wildman–Crippen LogP) is 2.79. The first-order chi connectivity index (χ1) is 12.5. The van der Waals surface area contributed by atoms with E-state index < -0.39 is 0 Å². The maximum Gasteiger partial charge on any atom is 0.251 e. The van der Waals surface area contributed by atoms with Crippen molar-refractivity contribution in [1.82, 2.24) is 9.88 Å². The average molecular weight is 371 g/mol. The molecule has 0 bridgehead atoms. The van der Waals surface area contributed by atoms with Crippen LogP contribution in [0.4, 0.5) is 4.39 Å². The Morgan fingerprint density at radius 1 is 1.12 bits per heavy atom. The van der Waals surface area contributed by atoms with Crippen molar-refractivity contribution in [3.8, 4) is 0 Å². The molecular formula is C19H18FN3O2S. The number of benzene rings is 2. The van der Waals surface area contributed by atoms with Gasteiger partial charge in [0.1, 0.15) is 5.82 Å². The largest absolute Gasteiger partial charge is 0.369 e. The summed E-state index contributed by atoms with van der Waals surface area (Å²) in [4.78, 5) is 24.1. The summed E-state index contributed by atoms with van der Waals surface area (Å²) in [5.41, 5.74) is 6.67. The second-order valence-electron chi connectivity index (χ2n) is 5.72. The molecule has 5 nitrogen and oxygen atoms in total. The number of hydrogen-bond acceptors (Lipinski definition) is 3. The van der Waals surface area contributed by atoms with Gasteiger partial charge in [0.15, 0.2) is 0 Å². The molecule has 0 saturated carbocycles. The number of hydrogen-bond donors (Lipinski definition) is 2. The Morgan fingerprint density at radius 3 is 2.58 bits per heavy atom. The van der Waals surface area contributed by atoms with Crippen LogP contribution in [0.25, 0.3) is 10.9 Å². The first kappa shape index (κ1) is 18.0. The van der Waals surface area contributed by atoms with Crippen molar-refractivity contribution in [2.24, 2.45) is 5.73 Å². The molecule has 0 unspecified atom stereocenters. The Hall–Kier alpha value is -2.80. The van der Waals surface area contributed by atoms with Crippen LogP contribution in [0.5, 0.6) is 0 Å². The zero-order chi connectivity index (χ0) is 18.5. The highest BCUT2D eigenvalue weighted by atomic mass is 32.2. The minimum Gasteiger partial charge on any atom is -0.369 e. The van der Waals surface area contributed by atoms with Crippen molar-refractivity contribution in [2.45, 2.75) is 11.4 Å². The van der Waals surface area contributed by atoms with Crippen LogP contribution in [-0.2, 0) is 11.3 Å². The molecule has 0 saturated heterocycles. The molecule has 0 spiro atoms. The van der Waals surface area contributed by atoms with E-state index in [9.17, 15) is 14.0 Å². The van der Waals surface area contributed by atoms with Crippen molar-refractivity contribution in [3.63, 3.8) is 0 Å². The molecule has 1 heterocycles. The Kier molecular flexibility index (Phi) is 5.58. The van der Waals surface area contributed by atoms with Gasteiger partial charge < -0.3 is 15.6 Å². The number of nitrogens with zero attached hydrogens (tertiary/aromatic N) is 1. The summed E-state index contributed by atoms with van der Waals surface area (Å²) < 4.78 is 15.0. The van der Waals surface area contributed by atoms with E-state index in [2.05, 4.69) is 5.32 Å². The lowest BCUT2D eigenvalue weighted by Crippen LogP contribution is -2.27. The molecule has 2 amide bonds. The van der Waals surface area contributed by atoms with Crippen LogP contribution >= 0.6 is 11.8 Å². The molecule has 1 aromatic heterocycles. The van der Waals surface area contributed by atoms with Crippen LogP contribution in [0.15, 0.2) is 59.6 Å². The van der Waals surface area contributed by atoms with Gasteiger partial charge in [0.25, 0.3) is 5.91 Å². The molecule has 0 atom stereocenters. The molecule has 134 valence electrons. The molecule has 7 heteroatoms. The fraction of sp³-hybridized carbons (Fsp3) is 0.158. The molecule has 26 heavy (non-hydrogen) atoms. The van der Waals surface area contributed by atoms with Crippen LogP contribution in [-0.4, -0.2) is 28.7 Å². The van der Waals surface area contributed by atoms with Crippen molar-refractivity contribution in [1.29, 1.82) is 0 Å². The van der Waals surface area contributed by atoms with Gasteiger partial charge in [-0.15, -0.1) is 11.8 Å². The van der Waals surface area contributed by atoms with Gasteiger partial charge in [-0.3, -0.25) is 9.59 Å². The number of para-hydroxylation sites is 1. The Morgan fingerprint density at radius 2 is 1.85 bits per heavy atom. The van der Waals surface area contributed by atoms with Gasteiger partial charge in [0.2, 0.25) is 5.91 Å². The minimum atomic E-state index is -0.374. The summed E-state index contributed by atoms with van der Waals surface area (Å²) >= 11 is 1.40. The van der Waals surface area contributed by atoms with E-state index in [-0.39, 0.29) is 23.4 Å². The predicted molar refractivity (Wildman–Crippen MR) is 101 cm³/mol. The molecular weight excluding hydrogens is 353 g/mol. The lowest BCUT2D eigenvalue weighted by molar-refractivity contribution is -0.115. The number of aromatic nitrogens is 1. The standard InChI is InChI=1S/C19H18FN3O2S/c20-14-7-5-13(6-8-14)19(25)22-9-10-23-11-17(26-12-18(21)24)15-3-1-2-4-16(15)23/h1-8,11H,9-10,12H2,(H2,21,24)(H,22,25). The Labute approximate surface area is 154 Å². The van der Waals surface area contributed by atoms with E-state index in [1.54, 1.807) is 0 Å². The Bertz CT molecular complexity index is 938. The zero-order valence-electron chi connectivity index (χ0n) is 13.9. The number of nitrogens with one attached hydrogen (secondary N) is 1. The fourth-order valence-electron chi connectivity index (χ4n) is 2.66. The number of thioether (sulfide) groups is 1. The van der Waals surface area contributed by atoms with Crippen molar-refractivity contribution in [3.05, 3.63) is 66.1 Å². The van der Waals surface area contributed by atoms with Crippen molar-refractivity contribution < 1.29 is 14.0 Å². The Balaban J connectivity index is 1.67. The van der Waals surface area contributed by atoms with Crippen molar-refractivity contribution in [2.75, 3.05) is 12.3 Å². The number of primary amides is 1. The summed E-state index contributed by atoms with van der Waals surface area (Å²) in [5.74, 6) is -0.764. The van der Waals surface area contributed by atoms with Gasteiger partial charge in [0, 0.05) is 40.6 Å². The normalized spacial score (nSPS) is 10.8. The molecule has 3 rings (SSSR count). The second-order valence-corrected chi connectivity index (χ2v) is 6.74. The van der Waals surface area contributed by atoms with Gasteiger partial charge in [0.05, 0.1) is 5.75 Å². The van der Waals surface area contributed by atoms with Crippen LogP contribution < -0.4 is 11.1 Å². The quantitative estimate of drug-likeness (QED) is 0.627. The van der Waals surface area contributed by atoms with Crippen LogP contribution in [0.2, 0.25) is 0 Å². The fourth-order valence-corrected chi connectivity index (χ4v) is 3.48. The van der Waals surface area contributed by atoms with E-state index in [0.717, 1.165) is 15.8 Å². The number of amides is 2. The third kappa shape index (κ3) is 4.23. The lowest BCUT2D eigenvalue weighted by Gasteiger charge is -2.07. The maximum atomic E-state index is 12.9. The van der Waals surface area contributed by atoms with Crippen LogP contribution in [0.3, 0.4) is 0 Å². The monoisotopic (exact) mass is 371 g/mol. The molecule has 0 radical (unpaired) electrons. The number of halogens is 1. The van der Waals surface area contributed by atoms with Gasteiger partial charge >= 0.3 is 0 Å². The van der Waals surface area contributed by atoms with E-state index in [4.69, 9.17) is 5.73 Å². The third-order valence-corrected chi connectivity index (χ3v) is 4.93. The van der Waals surface area contributed by atoms with E-state index in [1.807, 2.05) is 35.0 Å². The molecule has 0 aliphatic carbocycles. The first-order valence-electron chi connectivity index (χ1n) is 8.07. The maximum absolute atomic E-state index is 12.9. The smallest absolute Gasteiger partial charge is 0.251 e. The van der Waals surface area contributed by atoms with Crippen LogP contribution in [0, 0.1) is 5.82 Å². The highest BCUT2D eigenvalue weighted by Gasteiger charge is 2.10. The number of rotatable bonds is 7. The topological polar surface area (TPSA) is 77.1 Å². The van der Waals surface area contributed by atoms with Gasteiger partial charge in [-0.2, -0.15) is 0 Å². The lowest BCUT2D eigenvalue weighted by atomic mass is 10.2. The van der Waals surface area contributed by atoms with E-state index in [1.165, 1.54) is 36.0 Å². The molecule has 3 aromatic rings. The van der Waals surface area contributed by atoms with Crippen LogP contribution in [0.1, 0.15) is 10.4 Å². The number of carbonyl (C=O) groups excluding carboxylic acids is 2. The summed E-state index contributed by atoms with van der Waals surface area (Å²) in [6.07, 6.45) is 1.96. The van der Waals surface area contributed by atoms with E-state index >= 15 is 0 Å². The molecule has 2 aromatic carbocycles. The molecule has 0 fully saturated rings. The molecule has 3 N–H and O–H groups in total. The SMILES string of the molecule is NC(=O)CSc1cn(CCNC(=O)c2ccc(F)cc2)c2ccccc12. The first-order valence-corrected chi connectivity index (χ1v) is 9.06. The number of carbonyl (C=O) groups is 2. The summed E-state index contributed by atoms with van der Waals surface area (Å²) in [6, 6.07) is 13.3. The highest BCUT2D eigenvalue weighted by molar-refractivity contribution is 8.00. The number of nitrogens with two attached hydrogens (primary N) is 1. The van der Waals surface area contributed by atoms with Gasteiger partial charge in [-0.1, -0.05) is 18.2 Å². The second kappa shape index (κ2) is 8.05. The van der Waals surface area contributed by atoms with Crippen molar-refractivity contribution >= 4 is 34.5 Å². The molecule has 0 aliphatic heterocycles. The minimum absolute atomic E-state index is 0.218. The highest BCUT2D eigenvalue weighted by Crippen LogP contribution is 2.29. The number of fused-ring (bicyclic) bond motifs is 1. The zero-order valence-corrected chi connectivity index (χ0v) is 14.8. The summed E-state index contributed by atoms with van der Waals surface area (Å²) in [6.45, 7) is 0.999.